The minimum Gasteiger partial charge on any atom is -0.489 e. The summed E-state index contributed by atoms with van der Waals surface area (Å²) in [6.45, 7) is 1.57. The maximum Gasteiger partial charge on any atom is 0.142 e. The fourth-order valence-corrected chi connectivity index (χ4v) is 2.58. The normalized spacial score (nSPS) is 10.5. The van der Waals surface area contributed by atoms with Gasteiger partial charge in [0.25, 0.3) is 0 Å². The lowest BCUT2D eigenvalue weighted by Crippen LogP contribution is -2.05. The zero-order valence-corrected chi connectivity index (χ0v) is 14.9. The van der Waals surface area contributed by atoms with E-state index in [-0.39, 0.29) is 0 Å². The van der Waals surface area contributed by atoms with Crippen LogP contribution in [0.3, 0.4) is 0 Å². The first kappa shape index (κ1) is 17.8. The molecule has 0 heterocycles. The summed E-state index contributed by atoms with van der Waals surface area (Å²) in [5, 5.41) is 0. The van der Waals surface area contributed by atoms with E-state index in [1.165, 1.54) is 0 Å². The van der Waals surface area contributed by atoms with Gasteiger partial charge >= 0.3 is 0 Å². The maximum absolute atomic E-state index is 6.09. The van der Waals surface area contributed by atoms with Crippen molar-refractivity contribution in [2.45, 2.75) is 6.61 Å². The molecule has 0 amide bonds. The highest BCUT2D eigenvalue weighted by Gasteiger charge is 2.05. The van der Waals surface area contributed by atoms with Crippen LogP contribution in [0.4, 0.5) is 5.69 Å². The number of hydrogen-bond acceptors (Lipinski definition) is 4. The Morgan fingerprint density at radius 2 is 1.50 bits per heavy atom. The van der Waals surface area contributed by atoms with Crippen molar-refractivity contribution >= 4 is 5.69 Å². The molecule has 0 radical (unpaired) electrons. The first-order chi connectivity index (χ1) is 12.8. The van der Waals surface area contributed by atoms with Crippen molar-refractivity contribution in [2.75, 3.05) is 26.1 Å². The van der Waals surface area contributed by atoms with Gasteiger partial charge in [-0.25, -0.2) is 0 Å². The summed E-state index contributed by atoms with van der Waals surface area (Å²) in [5.41, 5.74) is 9.97. The van der Waals surface area contributed by atoms with E-state index in [4.69, 9.17) is 19.9 Å². The van der Waals surface area contributed by atoms with E-state index in [0.29, 0.717) is 31.3 Å². The van der Waals surface area contributed by atoms with Gasteiger partial charge in [-0.3, -0.25) is 0 Å². The number of anilines is 1. The predicted octanol–water partition coefficient (Wildman–Crippen LogP) is 4.54. The average Bonchev–Trinajstić information content (AvgIpc) is 2.69. The fraction of sp³-hybridized carbons (Fsp3) is 0.182. The third-order valence-corrected chi connectivity index (χ3v) is 3.99. The third-order valence-electron chi connectivity index (χ3n) is 3.99. The Labute approximate surface area is 154 Å². The van der Waals surface area contributed by atoms with Gasteiger partial charge in [0.2, 0.25) is 0 Å². The van der Waals surface area contributed by atoms with Gasteiger partial charge in [0, 0.05) is 7.11 Å². The molecule has 0 aliphatic carbocycles. The lowest BCUT2D eigenvalue weighted by molar-refractivity contribution is 0.147. The van der Waals surface area contributed by atoms with Crippen LogP contribution < -0.4 is 15.2 Å². The Morgan fingerprint density at radius 1 is 0.769 bits per heavy atom. The number of ether oxygens (including phenoxy) is 3. The van der Waals surface area contributed by atoms with Crippen molar-refractivity contribution in [3.05, 3.63) is 78.4 Å². The van der Waals surface area contributed by atoms with Crippen molar-refractivity contribution in [1.29, 1.82) is 0 Å². The molecular weight excluding hydrogens is 326 g/mol. The average molecular weight is 349 g/mol. The van der Waals surface area contributed by atoms with Crippen LogP contribution >= 0.6 is 0 Å². The molecule has 0 bridgehead atoms. The van der Waals surface area contributed by atoms with Crippen molar-refractivity contribution in [3.8, 4) is 22.6 Å². The summed E-state index contributed by atoms with van der Waals surface area (Å²) in [5.74, 6) is 1.51. The molecule has 134 valence electrons. The summed E-state index contributed by atoms with van der Waals surface area (Å²) in [6.07, 6.45) is 0. The van der Waals surface area contributed by atoms with Crippen LogP contribution in [0.1, 0.15) is 5.56 Å². The summed E-state index contributed by atoms with van der Waals surface area (Å²) in [6, 6.07) is 23.9. The number of hydrogen-bond donors (Lipinski definition) is 1. The Kier molecular flexibility index (Phi) is 6.12. The molecule has 4 heteroatoms. The van der Waals surface area contributed by atoms with Crippen LogP contribution in [0, 0.1) is 0 Å². The lowest BCUT2D eigenvalue weighted by Gasteiger charge is -2.11. The summed E-state index contributed by atoms with van der Waals surface area (Å²) in [7, 11) is 1.64. The first-order valence-corrected chi connectivity index (χ1v) is 8.54. The third kappa shape index (κ3) is 4.77. The molecule has 0 saturated heterocycles. The zero-order valence-electron chi connectivity index (χ0n) is 14.9. The molecule has 0 atom stereocenters. The van der Waals surface area contributed by atoms with Gasteiger partial charge in [0.1, 0.15) is 24.7 Å². The molecule has 3 aromatic rings. The van der Waals surface area contributed by atoms with Crippen LogP contribution in [0.5, 0.6) is 11.5 Å². The summed E-state index contributed by atoms with van der Waals surface area (Å²) >= 11 is 0. The Bertz CT molecular complexity index is 817. The SMILES string of the molecule is COCCOc1ccc(-c2ccc(OCc3ccccc3)cc2)cc1N. The number of benzene rings is 3. The first-order valence-electron chi connectivity index (χ1n) is 8.54. The molecule has 0 unspecified atom stereocenters. The number of nitrogen functional groups attached to an aromatic ring is 1. The molecule has 0 saturated carbocycles. The van der Waals surface area contributed by atoms with Crippen LogP contribution in [-0.2, 0) is 11.3 Å². The van der Waals surface area contributed by atoms with Gasteiger partial charge in [-0.15, -0.1) is 0 Å². The molecule has 26 heavy (non-hydrogen) atoms. The van der Waals surface area contributed by atoms with E-state index in [9.17, 15) is 0 Å². The van der Waals surface area contributed by atoms with Gasteiger partial charge in [-0.05, 0) is 41.0 Å². The highest BCUT2D eigenvalue weighted by atomic mass is 16.5. The van der Waals surface area contributed by atoms with E-state index >= 15 is 0 Å². The Hall–Kier alpha value is -2.98. The topological polar surface area (TPSA) is 53.7 Å². The smallest absolute Gasteiger partial charge is 0.142 e. The van der Waals surface area contributed by atoms with E-state index in [1.54, 1.807) is 7.11 Å². The molecule has 2 N–H and O–H groups in total. The van der Waals surface area contributed by atoms with E-state index in [0.717, 1.165) is 22.4 Å². The molecular formula is C22H23NO3. The quantitative estimate of drug-likeness (QED) is 0.479. The summed E-state index contributed by atoms with van der Waals surface area (Å²) < 4.78 is 16.4. The molecule has 0 aromatic heterocycles. The Balaban J connectivity index is 1.63. The van der Waals surface area contributed by atoms with Crippen molar-refractivity contribution in [3.63, 3.8) is 0 Å². The van der Waals surface area contributed by atoms with Crippen LogP contribution in [0.25, 0.3) is 11.1 Å². The van der Waals surface area contributed by atoms with Crippen molar-refractivity contribution < 1.29 is 14.2 Å². The molecule has 0 aliphatic heterocycles. The second kappa shape index (κ2) is 8.92. The number of rotatable bonds is 8. The number of nitrogens with two attached hydrogens (primary N) is 1. The minimum atomic E-state index is 0.480. The number of methoxy groups -OCH3 is 1. The second-order valence-corrected chi connectivity index (χ2v) is 5.89. The van der Waals surface area contributed by atoms with Crippen molar-refractivity contribution in [2.24, 2.45) is 0 Å². The van der Waals surface area contributed by atoms with Crippen LogP contribution in [0.2, 0.25) is 0 Å². The molecule has 3 rings (SSSR count). The summed E-state index contributed by atoms with van der Waals surface area (Å²) in [4.78, 5) is 0. The van der Waals surface area contributed by atoms with Crippen molar-refractivity contribution in [1.82, 2.24) is 0 Å². The van der Waals surface area contributed by atoms with Gasteiger partial charge in [0.15, 0.2) is 0 Å². The highest BCUT2D eigenvalue weighted by molar-refractivity contribution is 5.71. The van der Waals surface area contributed by atoms with E-state index < -0.39 is 0 Å². The largest absolute Gasteiger partial charge is 0.489 e. The standard InChI is InChI=1S/C22H23NO3/c1-24-13-14-25-22-12-9-19(15-21(22)23)18-7-10-20(11-8-18)26-16-17-5-3-2-4-6-17/h2-12,15H,13-14,16,23H2,1H3. The molecule has 0 aliphatic rings. The maximum atomic E-state index is 6.09. The second-order valence-electron chi connectivity index (χ2n) is 5.89. The Morgan fingerprint density at radius 3 is 2.19 bits per heavy atom. The van der Waals surface area contributed by atoms with Gasteiger partial charge in [-0.2, -0.15) is 0 Å². The lowest BCUT2D eigenvalue weighted by atomic mass is 10.0. The fourth-order valence-electron chi connectivity index (χ4n) is 2.58. The van der Waals surface area contributed by atoms with Gasteiger partial charge < -0.3 is 19.9 Å². The minimum absolute atomic E-state index is 0.480. The molecule has 4 nitrogen and oxygen atoms in total. The molecule has 0 spiro atoms. The van der Waals surface area contributed by atoms with Gasteiger partial charge in [0.05, 0.1) is 12.3 Å². The highest BCUT2D eigenvalue weighted by Crippen LogP contribution is 2.29. The molecule has 3 aromatic carbocycles. The molecule has 0 fully saturated rings. The van der Waals surface area contributed by atoms with Crippen LogP contribution in [0.15, 0.2) is 72.8 Å². The van der Waals surface area contributed by atoms with Crippen LogP contribution in [-0.4, -0.2) is 20.3 Å². The van der Waals surface area contributed by atoms with Gasteiger partial charge in [-0.1, -0.05) is 48.5 Å². The van der Waals surface area contributed by atoms with E-state index in [1.807, 2.05) is 72.8 Å². The zero-order chi connectivity index (χ0) is 18.2. The van der Waals surface area contributed by atoms with E-state index in [2.05, 4.69) is 0 Å². The monoisotopic (exact) mass is 349 g/mol. The predicted molar refractivity (Wildman–Crippen MR) is 104 cm³/mol.